The maximum atomic E-state index is 15.7. The molecule has 4 saturated heterocycles. The Morgan fingerprint density at radius 3 is 2.50 bits per heavy atom. The number of anilines is 2. The molecule has 0 saturated carbocycles. The van der Waals surface area contributed by atoms with Gasteiger partial charge in [0.25, 0.3) is 5.91 Å². The standard InChI is InChI=1S/C45H42F4N8O6S/c46-29-11-13-56(20-29)64(62,63)53-35-7-6-33(47)39(40(35)49)41(59)32-18-51-42-31(32)15-27(17-50-42)26-4-8-36(34(48)16-26)55-23-45(24-55)21-54(22-45)12-1-2-25-3-5-30-28(14-25)19-57(44(30)61)37-9-10-38(58)52-43(37)60/h3-8,14-18,29,37,53H,1-2,9-13,19-24H2,(H,50,51)(H,52,58,60)/t29-,37?/m1/s1. The van der Waals surface area contributed by atoms with Crippen LogP contribution in [0.4, 0.5) is 28.9 Å². The number of imide groups is 1. The van der Waals surface area contributed by atoms with Crippen molar-refractivity contribution < 1.29 is 45.2 Å². The first-order valence-corrected chi connectivity index (χ1v) is 22.5. The van der Waals surface area contributed by atoms with E-state index in [9.17, 15) is 32.0 Å². The van der Waals surface area contributed by atoms with E-state index in [1.165, 1.54) is 18.5 Å². The van der Waals surface area contributed by atoms with Crippen LogP contribution in [0.2, 0.25) is 0 Å². The number of ketones is 1. The molecule has 332 valence electrons. The lowest BCUT2D eigenvalue weighted by molar-refractivity contribution is -0.136. The van der Waals surface area contributed by atoms with Crippen molar-refractivity contribution in [1.29, 1.82) is 0 Å². The number of aromatic amines is 1. The van der Waals surface area contributed by atoms with Gasteiger partial charge < -0.3 is 19.7 Å². The number of pyridine rings is 1. The normalized spacial score (nSPS) is 21.0. The minimum Gasteiger partial charge on any atom is -0.368 e. The molecule has 3 amide bonds. The molecular weight excluding hydrogens is 857 g/mol. The second-order valence-corrected chi connectivity index (χ2v) is 19.2. The summed E-state index contributed by atoms with van der Waals surface area (Å²) in [6.45, 7) is 3.93. The Labute approximate surface area is 364 Å². The number of halogens is 4. The predicted octanol–water partition coefficient (Wildman–Crippen LogP) is 5.09. The molecule has 0 radical (unpaired) electrons. The third-order valence-corrected chi connectivity index (χ3v) is 14.6. The number of benzene rings is 3. The number of carbonyl (C=O) groups is 4. The number of nitrogens with zero attached hydrogens (tertiary/aromatic N) is 5. The highest BCUT2D eigenvalue weighted by Gasteiger charge is 2.51. The molecule has 2 atom stereocenters. The second-order valence-electron chi connectivity index (χ2n) is 17.5. The maximum absolute atomic E-state index is 15.7. The van der Waals surface area contributed by atoms with Gasteiger partial charge in [0.2, 0.25) is 17.6 Å². The molecule has 3 aromatic carbocycles. The van der Waals surface area contributed by atoms with Crippen LogP contribution in [0, 0.1) is 22.9 Å². The number of aromatic nitrogens is 2. The second kappa shape index (κ2) is 15.8. The van der Waals surface area contributed by atoms with E-state index in [1.807, 2.05) is 27.8 Å². The third kappa shape index (κ3) is 7.47. The number of nitrogens with one attached hydrogen (secondary N) is 3. The van der Waals surface area contributed by atoms with Crippen molar-refractivity contribution in [3.05, 3.63) is 112 Å². The molecule has 0 bridgehead atoms. The summed E-state index contributed by atoms with van der Waals surface area (Å²) in [5.74, 6) is -5.09. The fourth-order valence-electron chi connectivity index (χ4n) is 9.86. The van der Waals surface area contributed by atoms with Gasteiger partial charge in [0.05, 0.1) is 16.9 Å². The average Bonchev–Trinajstić information content (AvgIpc) is 3.96. The number of hydrogen-bond acceptors (Lipinski definition) is 9. The summed E-state index contributed by atoms with van der Waals surface area (Å²) in [7, 11) is -4.39. The zero-order valence-corrected chi connectivity index (χ0v) is 35.1. The summed E-state index contributed by atoms with van der Waals surface area (Å²) in [5.41, 5.74) is 2.50. The lowest BCUT2D eigenvalue weighted by atomic mass is 9.72. The highest BCUT2D eigenvalue weighted by atomic mass is 32.2. The number of rotatable bonds is 12. The number of alkyl halides is 1. The number of amides is 3. The number of aryl methyl sites for hydroxylation is 1. The molecule has 3 N–H and O–H groups in total. The van der Waals surface area contributed by atoms with Gasteiger partial charge in [-0.15, -0.1) is 0 Å². The number of carbonyl (C=O) groups excluding carboxylic acids is 4. The van der Waals surface area contributed by atoms with Crippen LogP contribution in [0.1, 0.15) is 63.1 Å². The molecule has 5 aliphatic rings. The van der Waals surface area contributed by atoms with Gasteiger partial charge in [0.15, 0.2) is 5.82 Å². The highest BCUT2D eigenvalue weighted by Crippen LogP contribution is 2.43. The molecule has 10 rings (SSSR count). The van der Waals surface area contributed by atoms with Crippen molar-refractivity contribution in [2.24, 2.45) is 5.41 Å². The number of hydrogen-bond donors (Lipinski definition) is 3. The van der Waals surface area contributed by atoms with Crippen LogP contribution in [0.25, 0.3) is 22.2 Å². The lowest BCUT2D eigenvalue weighted by Gasteiger charge is -2.61. The van der Waals surface area contributed by atoms with Gasteiger partial charge in [-0.3, -0.25) is 29.2 Å². The van der Waals surface area contributed by atoms with Crippen molar-refractivity contribution in [3.63, 3.8) is 0 Å². The molecule has 7 heterocycles. The van der Waals surface area contributed by atoms with Gasteiger partial charge in [-0.25, -0.2) is 22.5 Å². The molecule has 0 aliphatic carbocycles. The Hall–Kier alpha value is -6.18. The monoisotopic (exact) mass is 898 g/mol. The third-order valence-electron chi connectivity index (χ3n) is 13.1. The minimum atomic E-state index is -4.39. The molecule has 2 aromatic heterocycles. The van der Waals surface area contributed by atoms with Crippen molar-refractivity contribution in [3.8, 4) is 11.1 Å². The summed E-state index contributed by atoms with van der Waals surface area (Å²) >= 11 is 0. The van der Waals surface area contributed by atoms with Gasteiger partial charge in [-0.05, 0) is 85.3 Å². The molecular formula is C45H42F4N8O6S. The molecule has 14 nitrogen and oxygen atoms in total. The van der Waals surface area contributed by atoms with Crippen LogP contribution >= 0.6 is 0 Å². The first-order valence-electron chi connectivity index (χ1n) is 21.1. The van der Waals surface area contributed by atoms with Gasteiger partial charge in [0, 0.05) is 92.1 Å². The summed E-state index contributed by atoms with van der Waals surface area (Å²) in [6.07, 6.45) is 3.64. The van der Waals surface area contributed by atoms with Crippen LogP contribution in [0.3, 0.4) is 0 Å². The number of fused-ring (bicyclic) bond motifs is 2. The Morgan fingerprint density at radius 2 is 1.75 bits per heavy atom. The summed E-state index contributed by atoms with van der Waals surface area (Å²) < 4.78 is 88.7. The minimum absolute atomic E-state index is 0.0178. The van der Waals surface area contributed by atoms with Crippen molar-refractivity contribution in [2.75, 3.05) is 55.4 Å². The molecule has 19 heteroatoms. The molecule has 64 heavy (non-hydrogen) atoms. The topological polar surface area (TPSA) is 168 Å². The largest absolute Gasteiger partial charge is 0.368 e. The summed E-state index contributed by atoms with van der Waals surface area (Å²) in [4.78, 5) is 63.8. The molecule has 1 unspecified atom stereocenters. The van der Waals surface area contributed by atoms with Crippen molar-refractivity contribution in [2.45, 2.75) is 50.9 Å². The van der Waals surface area contributed by atoms with E-state index >= 15 is 13.2 Å². The van der Waals surface area contributed by atoms with Gasteiger partial charge in [-0.2, -0.15) is 12.7 Å². The SMILES string of the molecule is O=C1CCC(N2Cc3cc(CCCN4CC5(C4)CN(c4ccc(-c6cnc7[nH]cc(C(=O)c8c(F)ccc(NS(=O)(=O)N9CC[C@@H](F)C9)c8F)c7c6)cc4F)C5)ccc3C2=O)C(=O)N1. The first-order chi connectivity index (χ1) is 30.6. The van der Waals surface area contributed by atoms with Crippen molar-refractivity contribution in [1.82, 2.24) is 29.4 Å². The van der Waals surface area contributed by atoms with Gasteiger partial charge >= 0.3 is 10.2 Å². The van der Waals surface area contributed by atoms with E-state index in [0.29, 0.717) is 48.4 Å². The summed E-state index contributed by atoms with van der Waals surface area (Å²) in [6, 6.07) is 13.2. The van der Waals surface area contributed by atoms with E-state index in [2.05, 4.69) is 20.2 Å². The Kier molecular flexibility index (Phi) is 10.3. The Balaban J connectivity index is 0.743. The maximum Gasteiger partial charge on any atom is 0.301 e. The van der Waals surface area contributed by atoms with Crippen LogP contribution < -0.4 is 14.9 Å². The van der Waals surface area contributed by atoms with E-state index in [4.69, 9.17) is 0 Å². The molecule has 1 spiro atoms. The van der Waals surface area contributed by atoms with Crippen molar-refractivity contribution >= 4 is 56.1 Å². The fourth-order valence-corrected chi connectivity index (χ4v) is 11.1. The van der Waals surface area contributed by atoms with Crippen LogP contribution in [0.5, 0.6) is 0 Å². The number of likely N-dealkylation sites (tertiary alicyclic amines) is 1. The number of piperidine rings is 1. The van der Waals surface area contributed by atoms with Crippen LogP contribution in [-0.2, 0) is 32.8 Å². The first kappa shape index (κ1) is 41.8. The summed E-state index contributed by atoms with van der Waals surface area (Å²) in [5, 5.41) is 2.55. The smallest absolute Gasteiger partial charge is 0.301 e. The number of H-pyrrole nitrogens is 1. The van der Waals surface area contributed by atoms with Crippen LogP contribution in [-0.4, -0.2) is 114 Å². The lowest BCUT2D eigenvalue weighted by Crippen LogP contribution is -2.72. The molecule has 5 aromatic rings. The quantitative estimate of drug-likeness (QED) is 0.0878. The van der Waals surface area contributed by atoms with Gasteiger partial charge in [-0.1, -0.05) is 18.2 Å². The Bertz CT molecular complexity index is 2900. The highest BCUT2D eigenvalue weighted by molar-refractivity contribution is 7.90. The average molecular weight is 899 g/mol. The Morgan fingerprint density at radius 1 is 0.938 bits per heavy atom. The van der Waals surface area contributed by atoms with Gasteiger partial charge in [0.1, 0.15) is 29.5 Å². The van der Waals surface area contributed by atoms with E-state index in [1.54, 1.807) is 23.1 Å². The molecule has 5 aliphatic heterocycles. The van der Waals surface area contributed by atoms with E-state index in [-0.39, 0.29) is 53.2 Å². The fraction of sp³-hybridized carbons (Fsp3) is 0.356. The van der Waals surface area contributed by atoms with E-state index < -0.39 is 69.4 Å². The zero-order valence-electron chi connectivity index (χ0n) is 34.3. The predicted molar refractivity (Wildman–Crippen MR) is 227 cm³/mol. The zero-order chi connectivity index (χ0) is 44.7. The van der Waals surface area contributed by atoms with Crippen LogP contribution in [0.15, 0.2) is 67.0 Å². The molecule has 4 fully saturated rings. The van der Waals surface area contributed by atoms with E-state index in [0.717, 1.165) is 60.0 Å².